The fourth-order valence-corrected chi connectivity index (χ4v) is 3.00. The summed E-state index contributed by atoms with van der Waals surface area (Å²) in [5, 5.41) is 23.7. The maximum Gasteiger partial charge on any atom is 0.326 e. The second-order valence-electron chi connectivity index (χ2n) is 6.89. The van der Waals surface area contributed by atoms with E-state index < -0.39 is 35.9 Å². The van der Waals surface area contributed by atoms with Crippen LogP contribution < -0.4 is 16.4 Å². The number of carbonyl (C=O) groups excluding carboxylic acids is 2. The van der Waals surface area contributed by atoms with Gasteiger partial charge in [-0.05, 0) is 48.5 Å². The Morgan fingerprint density at radius 1 is 1.11 bits per heavy atom. The maximum atomic E-state index is 12.6. The second-order valence-corrected chi connectivity index (χ2v) is 7.87. The number of nitrogens with one attached hydrogen (secondary N) is 2. The molecule has 0 aliphatic carbocycles. The minimum Gasteiger partial charge on any atom is -0.508 e. The van der Waals surface area contributed by atoms with Gasteiger partial charge in [-0.2, -0.15) is 11.8 Å². The average Bonchev–Trinajstić information content (AvgIpc) is 2.63. The predicted molar refractivity (Wildman–Crippen MR) is 109 cm³/mol. The SMILES string of the molecule is CSCCC(NC(=O)C(NC(=O)C(N)Cc1ccc(O)cc1)C(C)C)C(=O)O. The summed E-state index contributed by atoms with van der Waals surface area (Å²) in [6.07, 6.45) is 2.39. The molecule has 156 valence electrons. The van der Waals surface area contributed by atoms with Crippen molar-refractivity contribution in [3.05, 3.63) is 29.8 Å². The summed E-state index contributed by atoms with van der Waals surface area (Å²) in [7, 11) is 0. The lowest BCUT2D eigenvalue weighted by Gasteiger charge is -2.25. The van der Waals surface area contributed by atoms with E-state index in [2.05, 4.69) is 10.6 Å². The second kappa shape index (κ2) is 11.6. The molecule has 0 aromatic heterocycles. The Labute approximate surface area is 169 Å². The highest BCUT2D eigenvalue weighted by atomic mass is 32.2. The van der Waals surface area contributed by atoms with Gasteiger partial charge in [0.1, 0.15) is 17.8 Å². The van der Waals surface area contributed by atoms with Crippen molar-refractivity contribution in [2.75, 3.05) is 12.0 Å². The molecule has 1 aromatic carbocycles. The highest BCUT2D eigenvalue weighted by Gasteiger charge is 2.29. The summed E-state index contributed by atoms with van der Waals surface area (Å²) in [5.41, 5.74) is 6.72. The van der Waals surface area contributed by atoms with Crippen LogP contribution in [0.2, 0.25) is 0 Å². The fourth-order valence-electron chi connectivity index (χ4n) is 2.53. The standard InChI is InChI=1S/C19H29N3O5S/c1-11(2)16(18(25)21-15(19(26)27)8-9-28-3)22-17(24)14(20)10-12-4-6-13(23)7-5-12/h4-7,11,14-16,23H,8-10,20H2,1-3H3,(H,21,25)(H,22,24)(H,26,27). The van der Waals surface area contributed by atoms with Crippen LogP contribution in [0.1, 0.15) is 25.8 Å². The third-order valence-electron chi connectivity index (χ3n) is 4.20. The zero-order valence-electron chi connectivity index (χ0n) is 16.3. The number of carboxylic acid groups (broad SMARTS) is 1. The van der Waals surface area contributed by atoms with E-state index in [0.717, 1.165) is 5.56 Å². The topological polar surface area (TPSA) is 142 Å². The number of amides is 2. The number of phenols is 1. The summed E-state index contributed by atoms with van der Waals surface area (Å²) in [5.74, 6) is -1.70. The Hall–Kier alpha value is -2.26. The van der Waals surface area contributed by atoms with Crippen molar-refractivity contribution < 1.29 is 24.6 Å². The molecule has 0 spiro atoms. The molecule has 0 saturated heterocycles. The van der Waals surface area contributed by atoms with Gasteiger partial charge in [0, 0.05) is 0 Å². The zero-order chi connectivity index (χ0) is 21.3. The smallest absolute Gasteiger partial charge is 0.326 e. The van der Waals surface area contributed by atoms with E-state index in [1.54, 1.807) is 26.0 Å². The van der Waals surface area contributed by atoms with Crippen molar-refractivity contribution in [2.45, 2.75) is 44.8 Å². The van der Waals surface area contributed by atoms with Crippen LogP contribution in [-0.2, 0) is 20.8 Å². The number of aromatic hydroxyl groups is 1. The average molecular weight is 412 g/mol. The van der Waals surface area contributed by atoms with Crippen LogP contribution in [0.4, 0.5) is 0 Å². The number of phenolic OH excluding ortho intramolecular Hbond substituents is 1. The molecule has 1 aromatic rings. The molecule has 0 aliphatic heterocycles. The Kier molecular flexibility index (Phi) is 9.81. The Morgan fingerprint density at radius 3 is 2.21 bits per heavy atom. The van der Waals surface area contributed by atoms with Crippen molar-refractivity contribution in [2.24, 2.45) is 11.7 Å². The molecule has 3 unspecified atom stereocenters. The molecule has 9 heteroatoms. The quantitative estimate of drug-likeness (QED) is 0.361. The summed E-state index contributed by atoms with van der Waals surface area (Å²) in [6.45, 7) is 3.52. The number of hydrogen-bond acceptors (Lipinski definition) is 6. The molecule has 0 saturated carbocycles. The van der Waals surface area contributed by atoms with Gasteiger partial charge in [0.2, 0.25) is 11.8 Å². The monoisotopic (exact) mass is 411 g/mol. The van der Waals surface area contributed by atoms with E-state index in [0.29, 0.717) is 12.2 Å². The van der Waals surface area contributed by atoms with Crippen molar-refractivity contribution in [1.82, 2.24) is 10.6 Å². The number of hydrogen-bond donors (Lipinski definition) is 5. The largest absolute Gasteiger partial charge is 0.508 e. The summed E-state index contributed by atoms with van der Waals surface area (Å²) < 4.78 is 0. The van der Waals surface area contributed by atoms with Gasteiger partial charge >= 0.3 is 5.97 Å². The third-order valence-corrected chi connectivity index (χ3v) is 4.84. The van der Waals surface area contributed by atoms with Crippen molar-refractivity contribution >= 4 is 29.5 Å². The maximum absolute atomic E-state index is 12.6. The molecule has 0 aliphatic rings. The van der Waals surface area contributed by atoms with Crippen LogP contribution in [0, 0.1) is 5.92 Å². The van der Waals surface area contributed by atoms with Crippen LogP contribution in [0.5, 0.6) is 5.75 Å². The number of carboxylic acids is 1. The van der Waals surface area contributed by atoms with Gasteiger partial charge in [-0.25, -0.2) is 4.79 Å². The zero-order valence-corrected chi connectivity index (χ0v) is 17.2. The molecule has 8 nitrogen and oxygen atoms in total. The van der Waals surface area contributed by atoms with Gasteiger partial charge in [0.25, 0.3) is 0 Å². The molecule has 28 heavy (non-hydrogen) atoms. The molecule has 1 rings (SSSR count). The molecule has 0 fully saturated rings. The van der Waals surface area contributed by atoms with Crippen LogP contribution in [0.25, 0.3) is 0 Å². The first-order valence-corrected chi connectivity index (χ1v) is 10.4. The van der Waals surface area contributed by atoms with Gasteiger partial charge < -0.3 is 26.6 Å². The third kappa shape index (κ3) is 7.77. The first kappa shape index (κ1) is 23.8. The summed E-state index contributed by atoms with van der Waals surface area (Å²) in [4.78, 5) is 36.3. The van der Waals surface area contributed by atoms with E-state index in [1.807, 2.05) is 6.26 Å². The Morgan fingerprint density at radius 2 is 1.71 bits per heavy atom. The van der Waals surface area contributed by atoms with E-state index in [9.17, 15) is 24.6 Å². The number of benzene rings is 1. The fraction of sp³-hybridized carbons (Fsp3) is 0.526. The minimum absolute atomic E-state index is 0.118. The number of thioether (sulfide) groups is 1. The highest BCUT2D eigenvalue weighted by molar-refractivity contribution is 7.98. The highest BCUT2D eigenvalue weighted by Crippen LogP contribution is 2.11. The summed E-state index contributed by atoms with van der Waals surface area (Å²) in [6, 6.07) is 3.55. The van der Waals surface area contributed by atoms with Crippen LogP contribution >= 0.6 is 11.8 Å². The Balaban J connectivity index is 2.73. The molecule has 2 amide bonds. The summed E-state index contributed by atoms with van der Waals surface area (Å²) >= 11 is 1.49. The van der Waals surface area contributed by atoms with Crippen LogP contribution in [0.15, 0.2) is 24.3 Å². The Bertz CT molecular complexity index is 666. The van der Waals surface area contributed by atoms with Gasteiger partial charge in [-0.1, -0.05) is 26.0 Å². The lowest BCUT2D eigenvalue weighted by molar-refractivity contribution is -0.142. The first-order chi connectivity index (χ1) is 13.1. The van der Waals surface area contributed by atoms with Crippen molar-refractivity contribution in [1.29, 1.82) is 0 Å². The molecule has 0 radical (unpaired) electrons. The van der Waals surface area contributed by atoms with Gasteiger partial charge in [0.15, 0.2) is 0 Å². The first-order valence-electron chi connectivity index (χ1n) is 9.01. The van der Waals surface area contributed by atoms with Gasteiger partial charge in [-0.3, -0.25) is 9.59 Å². The normalized spacial score (nSPS) is 14.2. The molecule has 3 atom stereocenters. The van der Waals surface area contributed by atoms with Crippen LogP contribution in [-0.4, -0.2) is 58.1 Å². The molecular formula is C19H29N3O5S. The lowest BCUT2D eigenvalue weighted by Crippen LogP contribution is -2.56. The molecule has 0 bridgehead atoms. The number of rotatable bonds is 11. The molecular weight excluding hydrogens is 382 g/mol. The number of carbonyl (C=O) groups is 3. The number of nitrogens with two attached hydrogens (primary N) is 1. The van der Waals surface area contributed by atoms with E-state index >= 15 is 0 Å². The number of aliphatic carboxylic acids is 1. The lowest BCUT2D eigenvalue weighted by atomic mass is 10.0. The predicted octanol–water partition coefficient (Wildman–Crippen LogP) is 0.725. The van der Waals surface area contributed by atoms with Gasteiger partial charge in [-0.15, -0.1) is 0 Å². The molecule has 6 N–H and O–H groups in total. The van der Waals surface area contributed by atoms with Gasteiger partial charge in [0.05, 0.1) is 6.04 Å². The van der Waals surface area contributed by atoms with Crippen LogP contribution in [0.3, 0.4) is 0 Å². The molecule has 0 heterocycles. The van der Waals surface area contributed by atoms with E-state index in [4.69, 9.17) is 5.73 Å². The minimum atomic E-state index is -1.11. The van der Waals surface area contributed by atoms with Crippen molar-refractivity contribution in [3.63, 3.8) is 0 Å². The van der Waals surface area contributed by atoms with E-state index in [-0.39, 0.29) is 18.1 Å². The van der Waals surface area contributed by atoms with E-state index in [1.165, 1.54) is 23.9 Å². The van der Waals surface area contributed by atoms with Crippen molar-refractivity contribution in [3.8, 4) is 5.75 Å².